The van der Waals surface area contributed by atoms with Crippen LogP contribution in [0.15, 0.2) is 30.3 Å². The maximum atomic E-state index is 11.3. The molecule has 72 valence electrons. The van der Waals surface area contributed by atoms with Gasteiger partial charge >= 0.3 is 11.7 Å². The fraction of sp³-hybridized carbons (Fsp3) is 0.200. The first kappa shape index (κ1) is 10.2. The minimum atomic E-state index is -0.561. The molecule has 0 unspecified atom stereocenters. The Morgan fingerprint density at radius 2 is 2.07 bits per heavy atom. The van der Waals surface area contributed by atoms with Crippen molar-refractivity contribution in [2.24, 2.45) is 0 Å². The number of hydrogen-bond donors (Lipinski definition) is 1. The Morgan fingerprint density at radius 1 is 1.43 bits per heavy atom. The number of esters is 1. The van der Waals surface area contributed by atoms with E-state index in [1.165, 1.54) is 0 Å². The Bertz CT molecular complexity index is 367. The molecule has 0 aromatic heterocycles. The van der Waals surface area contributed by atoms with Gasteiger partial charge in [-0.15, -0.1) is 0 Å². The van der Waals surface area contributed by atoms with Gasteiger partial charge in [-0.05, 0) is 19.1 Å². The molecule has 0 bridgehead atoms. The fourth-order valence-electron chi connectivity index (χ4n) is 1.02. The molecule has 0 aliphatic heterocycles. The minimum absolute atomic E-state index is 0.0347. The summed E-state index contributed by atoms with van der Waals surface area (Å²) in [7, 11) is 0. The lowest BCUT2D eigenvalue weighted by Gasteiger charge is -1.95. The number of nitrogens with zero attached hydrogens (tertiary/aromatic N) is 1. The highest BCUT2D eigenvalue weighted by Gasteiger charge is 2.26. The molecule has 0 aliphatic rings. The molecular weight excluding hydrogens is 180 g/mol. The molecule has 0 saturated heterocycles. The molecule has 4 heteroatoms. The summed E-state index contributed by atoms with van der Waals surface area (Å²) in [5, 5.41) is 0. The van der Waals surface area contributed by atoms with E-state index in [-0.39, 0.29) is 12.3 Å². The van der Waals surface area contributed by atoms with Gasteiger partial charge in [-0.25, -0.2) is 4.79 Å². The van der Waals surface area contributed by atoms with Crippen molar-refractivity contribution in [2.75, 3.05) is 6.61 Å². The largest absolute Gasteiger partial charge is 0.457 e. The highest BCUT2D eigenvalue weighted by Crippen LogP contribution is 2.00. The second kappa shape index (κ2) is 4.94. The summed E-state index contributed by atoms with van der Waals surface area (Å²) in [6.45, 7) is 2.00. The molecule has 1 aromatic carbocycles. The van der Waals surface area contributed by atoms with Crippen LogP contribution in [0.25, 0.3) is 0 Å². The predicted octanol–water partition coefficient (Wildman–Crippen LogP) is 1.28. The zero-order chi connectivity index (χ0) is 10.4. The second-order valence-corrected chi connectivity index (χ2v) is 2.55. The van der Waals surface area contributed by atoms with Crippen LogP contribution >= 0.6 is 0 Å². The molecule has 0 amide bonds. The van der Waals surface area contributed by atoms with E-state index in [4.69, 9.17) is 10.3 Å². The summed E-state index contributed by atoms with van der Waals surface area (Å²) in [4.78, 5) is 14.5. The smallest absolute Gasteiger partial charge is 0.455 e. The van der Waals surface area contributed by atoms with E-state index in [2.05, 4.69) is 4.79 Å². The molecule has 0 spiro atoms. The van der Waals surface area contributed by atoms with Crippen molar-refractivity contribution in [3.05, 3.63) is 35.9 Å². The van der Waals surface area contributed by atoms with Crippen LogP contribution in [0.5, 0.6) is 0 Å². The third-order valence-corrected chi connectivity index (χ3v) is 1.63. The third kappa shape index (κ3) is 2.28. The van der Waals surface area contributed by atoms with Gasteiger partial charge in [0.05, 0.1) is 22.5 Å². The molecule has 1 aromatic rings. The van der Waals surface area contributed by atoms with Gasteiger partial charge in [-0.3, -0.25) is 0 Å². The number of carbonyl (C=O) groups excluding carboxylic acids is 1. The van der Waals surface area contributed by atoms with Crippen molar-refractivity contribution in [1.82, 2.24) is 0 Å². The summed E-state index contributed by atoms with van der Waals surface area (Å²) in [5.74, 6) is -0.561. The highest BCUT2D eigenvalue weighted by atomic mass is 16.5. The van der Waals surface area contributed by atoms with E-state index in [9.17, 15) is 4.79 Å². The lowest BCUT2D eigenvalue weighted by atomic mass is 10.1. The topological polar surface area (TPSA) is 64.2 Å². The number of ether oxygens (including phenoxy) is 1. The van der Waals surface area contributed by atoms with Crippen LogP contribution in [0.2, 0.25) is 0 Å². The van der Waals surface area contributed by atoms with Crippen molar-refractivity contribution in [3.63, 3.8) is 0 Å². The lowest BCUT2D eigenvalue weighted by Crippen LogP contribution is -2.19. The normalized spacial score (nSPS) is 8.93. The first-order chi connectivity index (χ1) is 6.79. The third-order valence-electron chi connectivity index (χ3n) is 1.63. The summed E-state index contributed by atoms with van der Waals surface area (Å²) in [6.07, 6.45) is 0. The van der Waals surface area contributed by atoms with E-state index in [0.29, 0.717) is 5.56 Å². The first-order valence-corrected chi connectivity index (χ1v) is 4.26. The SMILES string of the molecule is CCOC(=O)C(=[N+]=N)c1ccccc1. The number of carbonyl (C=O) groups is 1. The van der Waals surface area contributed by atoms with Gasteiger partial charge < -0.3 is 4.74 Å². The van der Waals surface area contributed by atoms with Crippen LogP contribution in [0.4, 0.5) is 0 Å². The van der Waals surface area contributed by atoms with Crippen LogP contribution in [0.3, 0.4) is 0 Å². The molecular formula is C10H11N2O2+. The van der Waals surface area contributed by atoms with Gasteiger partial charge in [0.25, 0.3) is 0 Å². The molecule has 0 radical (unpaired) electrons. The van der Waals surface area contributed by atoms with Crippen molar-refractivity contribution >= 4 is 11.7 Å². The molecule has 1 rings (SSSR count). The average Bonchev–Trinajstić information content (AvgIpc) is 2.21. The summed E-state index contributed by atoms with van der Waals surface area (Å²) >= 11 is 0. The predicted molar refractivity (Wildman–Crippen MR) is 50.2 cm³/mol. The zero-order valence-electron chi connectivity index (χ0n) is 7.86. The Labute approximate surface area is 81.7 Å². The highest BCUT2D eigenvalue weighted by molar-refractivity contribution is 6.40. The molecule has 0 heterocycles. The standard InChI is InChI=1S/C10H11N2O2/c1-2-14-10(13)9(12-11)8-6-4-3-5-7-8/h3-7,11H,2H2,1H3/q+1. The molecule has 0 fully saturated rings. The van der Waals surface area contributed by atoms with Crippen LogP contribution < -0.4 is 0 Å². The Balaban J connectivity index is 2.96. The monoisotopic (exact) mass is 191 g/mol. The van der Waals surface area contributed by atoms with Crippen molar-refractivity contribution < 1.29 is 14.3 Å². The average molecular weight is 191 g/mol. The number of nitrogens with one attached hydrogen (secondary N) is 1. The van der Waals surface area contributed by atoms with Crippen LogP contribution in [0.1, 0.15) is 12.5 Å². The van der Waals surface area contributed by atoms with Gasteiger partial charge in [-0.1, -0.05) is 18.2 Å². The van der Waals surface area contributed by atoms with E-state index in [1.54, 1.807) is 31.2 Å². The fourth-order valence-corrected chi connectivity index (χ4v) is 1.02. The summed E-state index contributed by atoms with van der Waals surface area (Å²) < 4.78 is 4.76. The van der Waals surface area contributed by atoms with Crippen molar-refractivity contribution in [3.8, 4) is 0 Å². The maximum absolute atomic E-state index is 11.3. The molecule has 4 nitrogen and oxygen atoms in total. The number of benzene rings is 1. The van der Waals surface area contributed by atoms with E-state index >= 15 is 0 Å². The van der Waals surface area contributed by atoms with Gasteiger partial charge in [0.15, 0.2) is 0 Å². The molecule has 0 saturated carbocycles. The zero-order valence-corrected chi connectivity index (χ0v) is 7.86. The molecule has 14 heavy (non-hydrogen) atoms. The van der Waals surface area contributed by atoms with Gasteiger partial charge in [-0.2, -0.15) is 0 Å². The van der Waals surface area contributed by atoms with Crippen molar-refractivity contribution in [1.29, 1.82) is 5.53 Å². The number of rotatable bonds is 3. The molecule has 0 atom stereocenters. The Kier molecular flexibility index (Phi) is 3.58. The molecule has 0 aliphatic carbocycles. The maximum Gasteiger partial charge on any atom is 0.455 e. The lowest BCUT2D eigenvalue weighted by molar-refractivity contribution is -0.151. The number of hydrogen-bond acceptors (Lipinski definition) is 3. The first-order valence-electron chi connectivity index (χ1n) is 4.26. The Hall–Kier alpha value is -1.93. The summed E-state index contributed by atoms with van der Waals surface area (Å²) in [5.41, 5.74) is 7.53. The summed E-state index contributed by atoms with van der Waals surface area (Å²) in [6, 6.07) is 8.81. The van der Waals surface area contributed by atoms with Gasteiger partial charge in [0.1, 0.15) is 0 Å². The van der Waals surface area contributed by atoms with Crippen LogP contribution in [-0.2, 0) is 9.53 Å². The van der Waals surface area contributed by atoms with Gasteiger partial charge in [0.2, 0.25) is 0 Å². The second-order valence-electron chi connectivity index (χ2n) is 2.55. The Morgan fingerprint density at radius 3 is 2.57 bits per heavy atom. The van der Waals surface area contributed by atoms with Crippen molar-refractivity contribution in [2.45, 2.75) is 6.92 Å². The van der Waals surface area contributed by atoms with E-state index in [0.717, 1.165) is 0 Å². The van der Waals surface area contributed by atoms with Gasteiger partial charge in [0, 0.05) is 0 Å². The van der Waals surface area contributed by atoms with Crippen LogP contribution in [0, 0.1) is 5.53 Å². The molecule has 1 N–H and O–H groups in total. The quantitative estimate of drug-likeness (QED) is 0.338. The van der Waals surface area contributed by atoms with E-state index < -0.39 is 5.97 Å². The minimum Gasteiger partial charge on any atom is -0.457 e. The van der Waals surface area contributed by atoms with E-state index in [1.807, 2.05) is 6.07 Å². The van der Waals surface area contributed by atoms with Crippen LogP contribution in [-0.4, -0.2) is 23.1 Å².